The molecule has 0 spiro atoms. The zero-order valence-electron chi connectivity index (χ0n) is 9.27. The van der Waals surface area contributed by atoms with E-state index in [-0.39, 0.29) is 17.9 Å². The van der Waals surface area contributed by atoms with Crippen LogP contribution in [-0.4, -0.2) is 20.6 Å². The number of rotatable bonds is 4. The number of nitrogen functional groups attached to an aromatic ring is 2. The third kappa shape index (κ3) is 2.30. The van der Waals surface area contributed by atoms with Gasteiger partial charge in [-0.05, 0) is 6.42 Å². The van der Waals surface area contributed by atoms with Gasteiger partial charge < -0.3 is 16.6 Å². The quantitative estimate of drug-likeness (QED) is 0.540. The van der Waals surface area contributed by atoms with Crippen molar-refractivity contribution in [2.24, 2.45) is 0 Å². The summed E-state index contributed by atoms with van der Waals surface area (Å²) in [5, 5.41) is 8.98. The predicted molar refractivity (Wildman–Crippen MR) is 61.7 cm³/mol. The van der Waals surface area contributed by atoms with Crippen LogP contribution >= 0.6 is 0 Å². The molecule has 17 heavy (non-hydrogen) atoms. The first-order valence-electron chi connectivity index (χ1n) is 5.02. The lowest BCUT2D eigenvalue weighted by atomic mass is 10.1. The Labute approximate surface area is 95.9 Å². The molecule has 6 N–H and O–H groups in total. The number of hydrogen-bond acceptors (Lipinski definition) is 5. The lowest BCUT2D eigenvalue weighted by molar-refractivity contribution is -0.141. The first-order chi connectivity index (χ1) is 7.90. The van der Waals surface area contributed by atoms with Gasteiger partial charge in [-0.25, -0.2) is 14.2 Å². The maximum absolute atomic E-state index is 11.7. The van der Waals surface area contributed by atoms with E-state index in [1.54, 1.807) is 6.92 Å². The van der Waals surface area contributed by atoms with Crippen molar-refractivity contribution < 1.29 is 9.90 Å². The monoisotopic (exact) mass is 242 g/mol. The van der Waals surface area contributed by atoms with Crippen LogP contribution in [0.5, 0.6) is 0 Å². The highest BCUT2D eigenvalue weighted by Gasteiger charge is 2.23. The smallest absolute Gasteiger partial charge is 0.330 e. The Morgan fingerprint density at radius 3 is 2.53 bits per heavy atom. The van der Waals surface area contributed by atoms with E-state index in [1.807, 2.05) is 0 Å². The number of carboxylic acid groups (broad SMARTS) is 1. The summed E-state index contributed by atoms with van der Waals surface area (Å²) < 4.78 is 0.581. The van der Waals surface area contributed by atoms with Gasteiger partial charge >= 0.3 is 11.7 Å². The van der Waals surface area contributed by atoms with E-state index in [0.29, 0.717) is 11.0 Å². The summed E-state index contributed by atoms with van der Waals surface area (Å²) in [7, 11) is 0. The molecule has 0 aliphatic heterocycles. The number of carbonyl (C=O) groups is 1. The number of aromatic amines is 1. The molecule has 1 atom stereocenters. The molecule has 0 amide bonds. The van der Waals surface area contributed by atoms with Crippen molar-refractivity contribution in [1.29, 1.82) is 0 Å². The first kappa shape index (κ1) is 12.8. The van der Waals surface area contributed by atoms with Crippen LogP contribution in [0.25, 0.3) is 0 Å². The average Bonchev–Trinajstić information content (AvgIpc) is 2.24. The minimum Gasteiger partial charge on any atom is -0.480 e. The van der Waals surface area contributed by atoms with E-state index in [0.717, 1.165) is 0 Å². The van der Waals surface area contributed by atoms with Crippen molar-refractivity contribution in [3.8, 4) is 0 Å². The Morgan fingerprint density at radius 1 is 1.47 bits per heavy atom. The van der Waals surface area contributed by atoms with Gasteiger partial charge in [-0.1, -0.05) is 13.3 Å². The van der Waals surface area contributed by atoms with Gasteiger partial charge in [0.1, 0.15) is 17.5 Å². The number of hydrogen-bond donors (Lipinski definition) is 4. The molecule has 94 valence electrons. The molecule has 1 rings (SSSR count). The van der Waals surface area contributed by atoms with Crippen LogP contribution in [0.15, 0.2) is 9.59 Å². The van der Waals surface area contributed by atoms with Crippen LogP contribution in [0.3, 0.4) is 0 Å². The molecular formula is C9H14N4O4. The fraction of sp³-hybridized carbons (Fsp3) is 0.444. The summed E-state index contributed by atoms with van der Waals surface area (Å²) in [6.07, 6.45) is 0.662. The van der Waals surface area contributed by atoms with Gasteiger partial charge in [-0.3, -0.25) is 9.78 Å². The maximum atomic E-state index is 11.7. The molecule has 1 aromatic rings. The van der Waals surface area contributed by atoms with Gasteiger partial charge in [0.15, 0.2) is 0 Å². The summed E-state index contributed by atoms with van der Waals surface area (Å²) in [5.74, 6) is -1.51. The minimum absolute atomic E-state index is 0.154. The van der Waals surface area contributed by atoms with Crippen LogP contribution < -0.4 is 22.7 Å². The third-order valence-corrected chi connectivity index (χ3v) is 2.36. The highest BCUT2D eigenvalue weighted by atomic mass is 16.4. The Hall–Kier alpha value is -2.25. The molecule has 0 aliphatic rings. The van der Waals surface area contributed by atoms with Crippen molar-refractivity contribution in [3.63, 3.8) is 0 Å². The summed E-state index contributed by atoms with van der Waals surface area (Å²) in [6, 6.07) is -1.24. The topological polar surface area (TPSA) is 144 Å². The fourth-order valence-corrected chi connectivity index (χ4v) is 1.50. The van der Waals surface area contributed by atoms with Gasteiger partial charge in [-0.15, -0.1) is 0 Å². The molecule has 8 heteroatoms. The Kier molecular flexibility index (Phi) is 3.56. The van der Waals surface area contributed by atoms with Crippen molar-refractivity contribution in [2.45, 2.75) is 25.8 Å². The first-order valence-corrected chi connectivity index (χ1v) is 5.02. The normalized spacial score (nSPS) is 12.3. The van der Waals surface area contributed by atoms with Crippen LogP contribution in [0.4, 0.5) is 11.5 Å². The van der Waals surface area contributed by atoms with E-state index in [4.69, 9.17) is 16.6 Å². The minimum atomic E-state index is -1.26. The SMILES string of the molecule is CCCC(C(=O)O)n1c(=O)[nH]c(N)c(N)c1=O. The summed E-state index contributed by atoms with van der Waals surface area (Å²) in [6.45, 7) is 1.75. The second-order valence-electron chi connectivity index (χ2n) is 3.58. The highest BCUT2D eigenvalue weighted by molar-refractivity contribution is 5.72. The van der Waals surface area contributed by atoms with Crippen molar-refractivity contribution in [1.82, 2.24) is 9.55 Å². The Morgan fingerprint density at radius 2 is 2.06 bits per heavy atom. The zero-order chi connectivity index (χ0) is 13.2. The highest BCUT2D eigenvalue weighted by Crippen LogP contribution is 2.11. The Bertz CT molecular complexity index is 545. The molecule has 1 aromatic heterocycles. The average molecular weight is 242 g/mol. The maximum Gasteiger partial charge on any atom is 0.330 e. The number of nitrogens with one attached hydrogen (secondary N) is 1. The molecule has 8 nitrogen and oxygen atoms in total. The van der Waals surface area contributed by atoms with Crippen LogP contribution in [0.1, 0.15) is 25.8 Å². The van der Waals surface area contributed by atoms with Gasteiger partial charge in [0.25, 0.3) is 5.56 Å². The molecule has 0 aromatic carbocycles. The number of nitrogens with two attached hydrogens (primary N) is 2. The molecule has 0 fully saturated rings. The van der Waals surface area contributed by atoms with E-state index >= 15 is 0 Å². The number of carboxylic acids is 1. The number of aromatic nitrogens is 2. The van der Waals surface area contributed by atoms with Crippen LogP contribution in [0.2, 0.25) is 0 Å². The second kappa shape index (κ2) is 4.73. The van der Waals surface area contributed by atoms with E-state index in [2.05, 4.69) is 4.98 Å². The van der Waals surface area contributed by atoms with Crippen LogP contribution in [-0.2, 0) is 4.79 Å². The number of H-pyrrole nitrogens is 1. The lowest BCUT2D eigenvalue weighted by Crippen LogP contribution is -2.42. The molecule has 0 saturated heterocycles. The van der Waals surface area contributed by atoms with Gasteiger partial charge in [-0.2, -0.15) is 0 Å². The number of anilines is 2. The summed E-state index contributed by atoms with van der Waals surface area (Å²) in [5.41, 5.74) is 8.55. The van der Waals surface area contributed by atoms with Crippen molar-refractivity contribution in [2.75, 3.05) is 11.5 Å². The fourth-order valence-electron chi connectivity index (χ4n) is 1.50. The number of aliphatic carboxylic acids is 1. The molecule has 1 heterocycles. The van der Waals surface area contributed by atoms with E-state index in [9.17, 15) is 14.4 Å². The molecular weight excluding hydrogens is 228 g/mol. The van der Waals surface area contributed by atoms with Crippen molar-refractivity contribution in [3.05, 3.63) is 20.8 Å². The molecule has 1 unspecified atom stereocenters. The van der Waals surface area contributed by atoms with E-state index < -0.39 is 23.3 Å². The molecule has 0 bridgehead atoms. The van der Waals surface area contributed by atoms with Crippen molar-refractivity contribution >= 4 is 17.5 Å². The molecule has 0 saturated carbocycles. The lowest BCUT2D eigenvalue weighted by Gasteiger charge is -2.14. The predicted octanol–water partition coefficient (Wildman–Crippen LogP) is -0.873. The molecule has 0 aliphatic carbocycles. The third-order valence-electron chi connectivity index (χ3n) is 2.36. The second-order valence-corrected chi connectivity index (χ2v) is 3.58. The standard InChI is InChI=1S/C9H14N4O4/c1-2-3-4(8(15)16)13-7(14)5(10)6(11)12-9(13)17/h4H,2-3,10-11H2,1H3,(H,12,17)(H,15,16). The largest absolute Gasteiger partial charge is 0.480 e. The number of nitrogens with zero attached hydrogens (tertiary/aromatic N) is 1. The van der Waals surface area contributed by atoms with E-state index in [1.165, 1.54) is 0 Å². The van der Waals surface area contributed by atoms with Gasteiger partial charge in [0, 0.05) is 0 Å². The van der Waals surface area contributed by atoms with Gasteiger partial charge in [0.05, 0.1) is 0 Å². The zero-order valence-corrected chi connectivity index (χ0v) is 9.27. The summed E-state index contributed by atoms with van der Waals surface area (Å²) >= 11 is 0. The summed E-state index contributed by atoms with van der Waals surface area (Å²) in [4.78, 5) is 36.4. The van der Waals surface area contributed by atoms with Gasteiger partial charge in [0.2, 0.25) is 0 Å². The van der Waals surface area contributed by atoms with Crippen LogP contribution in [0, 0.1) is 0 Å². The molecule has 0 radical (unpaired) electrons. The Balaban J connectivity index is 3.49.